The molecule has 26 heavy (non-hydrogen) atoms. The molecule has 0 saturated carbocycles. The Labute approximate surface area is 151 Å². The maximum absolute atomic E-state index is 12.4. The van der Waals surface area contributed by atoms with Crippen molar-refractivity contribution in [3.05, 3.63) is 47.9 Å². The van der Waals surface area contributed by atoms with E-state index in [0.29, 0.717) is 16.7 Å². The number of nitrogens with zero attached hydrogens (tertiary/aromatic N) is 3. The van der Waals surface area contributed by atoms with Crippen molar-refractivity contribution in [3.8, 4) is 0 Å². The van der Waals surface area contributed by atoms with Crippen LogP contribution in [0.2, 0.25) is 0 Å². The number of amides is 1. The highest BCUT2D eigenvalue weighted by atomic mass is 32.1. The fraction of sp³-hybridized carbons (Fsp3) is 0.118. The Kier molecular flexibility index (Phi) is 4.05. The number of esters is 1. The molecule has 0 fully saturated rings. The van der Waals surface area contributed by atoms with Gasteiger partial charge in [0.25, 0.3) is 5.91 Å². The van der Waals surface area contributed by atoms with Gasteiger partial charge < -0.3 is 15.0 Å². The van der Waals surface area contributed by atoms with Gasteiger partial charge in [0, 0.05) is 15.5 Å². The zero-order chi connectivity index (χ0) is 18.1. The molecule has 3 aromatic heterocycles. The number of H-pyrrole nitrogens is 1. The lowest BCUT2D eigenvalue weighted by Crippen LogP contribution is -2.30. The number of carbonyl (C=O) groups is 2. The van der Waals surface area contributed by atoms with Crippen molar-refractivity contribution < 1.29 is 14.3 Å². The van der Waals surface area contributed by atoms with Crippen molar-refractivity contribution in [2.75, 3.05) is 5.32 Å². The molecule has 9 heteroatoms. The molecule has 1 amide bonds. The molecule has 3 heterocycles. The number of anilines is 1. The number of imidazole rings is 1. The van der Waals surface area contributed by atoms with E-state index >= 15 is 0 Å². The Bertz CT molecular complexity index is 1120. The lowest BCUT2D eigenvalue weighted by atomic mass is 10.2. The van der Waals surface area contributed by atoms with Crippen LogP contribution in [0.1, 0.15) is 17.3 Å². The highest BCUT2D eigenvalue weighted by molar-refractivity contribution is 7.17. The third-order valence-corrected chi connectivity index (χ3v) is 4.78. The number of carbonyl (C=O) groups excluding carboxylic acids is 2. The Morgan fingerprint density at radius 3 is 2.96 bits per heavy atom. The number of fused-ring (bicyclic) bond motifs is 2. The number of ether oxygens (including phenoxy) is 1. The highest BCUT2D eigenvalue weighted by Crippen LogP contribution is 2.26. The molecule has 0 aliphatic rings. The number of aromatic amines is 1. The Hall–Kier alpha value is -3.33. The minimum absolute atomic E-state index is 0.279. The Morgan fingerprint density at radius 1 is 1.23 bits per heavy atom. The monoisotopic (exact) mass is 367 g/mol. The number of nitrogens with one attached hydrogen (secondary N) is 2. The van der Waals surface area contributed by atoms with Crippen LogP contribution in [0.3, 0.4) is 0 Å². The van der Waals surface area contributed by atoms with Gasteiger partial charge in [-0.2, -0.15) is 0 Å². The van der Waals surface area contributed by atoms with Crippen LogP contribution in [-0.4, -0.2) is 37.9 Å². The van der Waals surface area contributed by atoms with E-state index in [1.54, 1.807) is 5.38 Å². The average Bonchev–Trinajstić information content (AvgIpc) is 3.29. The first kappa shape index (κ1) is 16.2. The predicted octanol–water partition coefficient (Wildman–Crippen LogP) is 2.75. The lowest BCUT2D eigenvalue weighted by Gasteiger charge is -2.13. The van der Waals surface area contributed by atoms with E-state index in [9.17, 15) is 9.59 Å². The van der Waals surface area contributed by atoms with Gasteiger partial charge in [-0.1, -0.05) is 18.2 Å². The molecule has 0 radical (unpaired) electrons. The fourth-order valence-corrected chi connectivity index (χ4v) is 3.42. The summed E-state index contributed by atoms with van der Waals surface area (Å²) in [4.78, 5) is 39.6. The molecule has 0 bridgehead atoms. The molecule has 0 aliphatic carbocycles. The third kappa shape index (κ3) is 2.88. The van der Waals surface area contributed by atoms with Gasteiger partial charge in [-0.25, -0.2) is 19.7 Å². The smallest absolute Gasteiger partial charge is 0.340 e. The van der Waals surface area contributed by atoms with Gasteiger partial charge in [0.1, 0.15) is 11.8 Å². The number of hydrogen-bond acceptors (Lipinski definition) is 7. The topological polar surface area (TPSA) is 110 Å². The van der Waals surface area contributed by atoms with Gasteiger partial charge in [-0.3, -0.25) is 4.79 Å². The summed E-state index contributed by atoms with van der Waals surface area (Å²) >= 11 is 1.45. The third-order valence-electron chi connectivity index (χ3n) is 3.82. The Morgan fingerprint density at radius 2 is 2.08 bits per heavy atom. The van der Waals surface area contributed by atoms with E-state index in [1.807, 2.05) is 24.3 Å². The summed E-state index contributed by atoms with van der Waals surface area (Å²) in [6.45, 7) is 1.51. The summed E-state index contributed by atoms with van der Waals surface area (Å²) in [6.07, 6.45) is 1.77. The predicted molar refractivity (Wildman–Crippen MR) is 97.0 cm³/mol. The quantitative estimate of drug-likeness (QED) is 0.537. The second kappa shape index (κ2) is 6.52. The zero-order valence-corrected chi connectivity index (χ0v) is 14.4. The number of benzene rings is 1. The highest BCUT2D eigenvalue weighted by Gasteiger charge is 2.22. The Balaban J connectivity index is 1.49. The molecule has 8 nitrogen and oxygen atoms in total. The molecule has 0 spiro atoms. The van der Waals surface area contributed by atoms with E-state index in [4.69, 9.17) is 4.74 Å². The van der Waals surface area contributed by atoms with E-state index in [0.717, 1.165) is 10.1 Å². The first-order chi connectivity index (χ1) is 12.6. The number of hydrogen-bond donors (Lipinski definition) is 2. The second-order valence-corrected chi connectivity index (χ2v) is 6.42. The lowest BCUT2D eigenvalue weighted by molar-refractivity contribution is -0.123. The number of aromatic nitrogens is 4. The van der Waals surface area contributed by atoms with Crippen LogP contribution in [0.5, 0.6) is 0 Å². The van der Waals surface area contributed by atoms with Gasteiger partial charge >= 0.3 is 5.97 Å². The minimum Gasteiger partial charge on any atom is -0.449 e. The molecule has 1 aromatic carbocycles. The SMILES string of the molecule is CC(OC(=O)c1csc2ccccc12)C(=O)Nc1ncnc2nc[nH]c12. The van der Waals surface area contributed by atoms with Crippen LogP contribution in [-0.2, 0) is 9.53 Å². The summed E-state index contributed by atoms with van der Waals surface area (Å²) in [5, 5.41) is 5.17. The first-order valence-electron chi connectivity index (χ1n) is 7.75. The molecule has 0 saturated heterocycles. The van der Waals surface area contributed by atoms with Gasteiger partial charge in [0.05, 0.1) is 11.9 Å². The second-order valence-electron chi connectivity index (χ2n) is 5.51. The van der Waals surface area contributed by atoms with Crippen molar-refractivity contribution in [2.45, 2.75) is 13.0 Å². The summed E-state index contributed by atoms with van der Waals surface area (Å²) < 4.78 is 6.30. The minimum atomic E-state index is -0.992. The van der Waals surface area contributed by atoms with E-state index in [-0.39, 0.29) is 5.82 Å². The molecule has 130 valence electrons. The molecule has 4 aromatic rings. The van der Waals surface area contributed by atoms with Crippen LogP contribution in [0.4, 0.5) is 5.82 Å². The van der Waals surface area contributed by atoms with E-state index in [2.05, 4.69) is 25.3 Å². The standard InChI is InChI=1S/C17H13N5O3S/c1-9(16(23)22-15-13-14(19-7-18-13)20-8-21-15)25-17(24)11-6-26-12-5-3-2-4-10(11)12/h2-9H,1H3,(H2,18,19,20,21,22,23). The van der Waals surface area contributed by atoms with Crippen molar-refractivity contribution in [1.82, 2.24) is 19.9 Å². The van der Waals surface area contributed by atoms with Gasteiger partial charge in [0.15, 0.2) is 17.6 Å². The number of thiophene rings is 1. The van der Waals surface area contributed by atoms with Gasteiger partial charge in [-0.15, -0.1) is 11.3 Å². The summed E-state index contributed by atoms with van der Waals surface area (Å²) in [5.41, 5.74) is 1.39. The molecule has 2 N–H and O–H groups in total. The van der Waals surface area contributed by atoms with E-state index < -0.39 is 18.0 Å². The molecular formula is C17H13N5O3S. The fourth-order valence-electron chi connectivity index (χ4n) is 2.49. The number of rotatable bonds is 4. The molecule has 4 rings (SSSR count). The summed E-state index contributed by atoms with van der Waals surface area (Å²) in [6, 6.07) is 7.54. The maximum Gasteiger partial charge on any atom is 0.340 e. The van der Waals surface area contributed by atoms with Crippen molar-refractivity contribution >= 4 is 50.3 Å². The van der Waals surface area contributed by atoms with Gasteiger partial charge in [0.2, 0.25) is 0 Å². The zero-order valence-electron chi connectivity index (χ0n) is 13.6. The van der Waals surface area contributed by atoms with Crippen molar-refractivity contribution in [3.63, 3.8) is 0 Å². The molecule has 0 aliphatic heterocycles. The average molecular weight is 367 g/mol. The van der Waals surface area contributed by atoms with Crippen LogP contribution < -0.4 is 5.32 Å². The molecule has 1 unspecified atom stereocenters. The van der Waals surface area contributed by atoms with Crippen LogP contribution in [0, 0.1) is 0 Å². The largest absolute Gasteiger partial charge is 0.449 e. The van der Waals surface area contributed by atoms with Crippen LogP contribution in [0.25, 0.3) is 21.3 Å². The molecule has 1 atom stereocenters. The van der Waals surface area contributed by atoms with Crippen LogP contribution >= 0.6 is 11.3 Å². The molecular weight excluding hydrogens is 354 g/mol. The summed E-state index contributed by atoms with van der Waals surface area (Å²) in [7, 11) is 0. The first-order valence-corrected chi connectivity index (χ1v) is 8.63. The van der Waals surface area contributed by atoms with Crippen LogP contribution in [0.15, 0.2) is 42.3 Å². The summed E-state index contributed by atoms with van der Waals surface area (Å²) in [5.74, 6) is -0.756. The normalized spacial score (nSPS) is 12.2. The van der Waals surface area contributed by atoms with Crippen molar-refractivity contribution in [1.29, 1.82) is 0 Å². The van der Waals surface area contributed by atoms with Gasteiger partial charge in [-0.05, 0) is 13.0 Å². The van der Waals surface area contributed by atoms with E-state index in [1.165, 1.54) is 30.9 Å². The maximum atomic E-state index is 12.4. The van der Waals surface area contributed by atoms with Crippen molar-refractivity contribution in [2.24, 2.45) is 0 Å².